The molecule has 6 nitrogen and oxygen atoms in total. The number of carboxylic acid groups (broad SMARTS) is 1. The number of unbranched alkanes of at least 4 members (excludes halogenated alkanes) is 9. The number of rotatable bonds is 14. The fourth-order valence-electron chi connectivity index (χ4n) is 3.18. The maximum atomic E-state index is 11.4. The highest BCUT2D eigenvalue weighted by Gasteiger charge is 2.20. The minimum absolute atomic E-state index is 0.255. The van der Waals surface area contributed by atoms with E-state index in [-0.39, 0.29) is 11.3 Å². The van der Waals surface area contributed by atoms with E-state index in [0.717, 1.165) is 24.8 Å². The van der Waals surface area contributed by atoms with E-state index in [1.165, 1.54) is 57.4 Å². The minimum Gasteiger partial charge on any atom is -0.478 e. The smallest absolute Gasteiger partial charge is 0.446 e. The maximum Gasteiger partial charge on any atom is 0.446 e. The Morgan fingerprint density at radius 2 is 1.48 bits per heavy atom. The van der Waals surface area contributed by atoms with Crippen LogP contribution in [-0.2, 0) is 16.8 Å². The van der Waals surface area contributed by atoms with Crippen LogP contribution in [0.3, 0.4) is 0 Å². The van der Waals surface area contributed by atoms with Crippen molar-refractivity contribution in [2.75, 3.05) is 0 Å². The lowest BCUT2D eigenvalue weighted by molar-refractivity contribution is 0.0694. The predicted octanol–water partition coefficient (Wildman–Crippen LogP) is 5.34. The number of hydrogen-bond donors (Lipinski definition) is 2. The van der Waals surface area contributed by atoms with E-state index in [9.17, 15) is 18.3 Å². The van der Waals surface area contributed by atoms with E-state index < -0.39 is 16.4 Å². The summed E-state index contributed by atoms with van der Waals surface area (Å²) >= 11 is 0. The molecule has 27 heavy (non-hydrogen) atoms. The molecule has 0 saturated heterocycles. The van der Waals surface area contributed by atoms with Crippen molar-refractivity contribution in [2.24, 2.45) is 0 Å². The third-order valence-electron chi connectivity index (χ3n) is 4.57. The zero-order valence-corrected chi connectivity index (χ0v) is 17.2. The van der Waals surface area contributed by atoms with Crippen LogP contribution in [0.25, 0.3) is 0 Å². The first kappa shape index (κ1) is 23.4. The molecule has 1 rings (SSSR count). The van der Waals surface area contributed by atoms with Gasteiger partial charge in [0.2, 0.25) is 0 Å². The summed E-state index contributed by atoms with van der Waals surface area (Å²) in [5.74, 6) is -1.63. The van der Waals surface area contributed by atoms with Crippen LogP contribution in [0, 0.1) is 6.92 Å². The van der Waals surface area contributed by atoms with E-state index in [1.54, 1.807) is 13.0 Å². The number of aryl methyl sites for hydroxylation is 2. The monoisotopic (exact) mass is 400 g/mol. The molecular weight excluding hydrogens is 368 g/mol. The van der Waals surface area contributed by atoms with Crippen molar-refractivity contribution in [3.05, 3.63) is 28.8 Å². The van der Waals surface area contributed by atoms with Crippen molar-refractivity contribution in [3.63, 3.8) is 0 Å². The predicted molar refractivity (Wildman–Crippen MR) is 106 cm³/mol. The molecule has 0 saturated carbocycles. The van der Waals surface area contributed by atoms with Crippen LogP contribution in [0.4, 0.5) is 0 Å². The molecule has 0 aliphatic heterocycles. The highest BCUT2D eigenvalue weighted by atomic mass is 32.3. The third kappa shape index (κ3) is 9.77. The number of aromatic carboxylic acids is 1. The molecule has 0 bridgehead atoms. The highest BCUT2D eigenvalue weighted by molar-refractivity contribution is 7.81. The molecule has 0 fully saturated rings. The second-order valence-corrected chi connectivity index (χ2v) is 8.06. The number of benzene rings is 1. The Hall–Kier alpha value is -1.60. The third-order valence-corrected chi connectivity index (χ3v) is 4.95. The summed E-state index contributed by atoms with van der Waals surface area (Å²) in [7, 11) is -4.77. The Kier molecular flexibility index (Phi) is 10.4. The first-order valence-corrected chi connectivity index (χ1v) is 11.1. The molecule has 0 atom stereocenters. The molecule has 1 aromatic rings. The minimum atomic E-state index is -4.77. The standard InChI is InChI=1S/C20H32O6S/c1-3-4-5-6-7-8-9-10-11-12-13-17-14-16(2)19(26-27(23,24)25)18(15-17)20(21)22/h14-15H,3-13H2,1-2H3,(H,21,22)(H,23,24,25). The van der Waals surface area contributed by atoms with Crippen molar-refractivity contribution >= 4 is 16.4 Å². The average molecular weight is 401 g/mol. The van der Waals surface area contributed by atoms with Crippen LogP contribution in [0.5, 0.6) is 5.75 Å². The lowest BCUT2D eigenvalue weighted by Gasteiger charge is -2.12. The molecule has 1 aromatic carbocycles. The molecular formula is C20H32O6S. The Morgan fingerprint density at radius 3 is 1.96 bits per heavy atom. The van der Waals surface area contributed by atoms with Crippen molar-refractivity contribution in [1.82, 2.24) is 0 Å². The van der Waals surface area contributed by atoms with Gasteiger partial charge in [-0.15, -0.1) is 0 Å². The largest absolute Gasteiger partial charge is 0.478 e. The van der Waals surface area contributed by atoms with Crippen LogP contribution in [0.1, 0.15) is 92.6 Å². The van der Waals surface area contributed by atoms with Crippen molar-refractivity contribution < 1.29 is 27.1 Å². The van der Waals surface area contributed by atoms with Gasteiger partial charge in [-0.2, -0.15) is 8.42 Å². The van der Waals surface area contributed by atoms with Crippen molar-refractivity contribution in [2.45, 2.75) is 84.5 Å². The zero-order chi connectivity index (χ0) is 20.3. The summed E-state index contributed by atoms with van der Waals surface area (Å²) in [4.78, 5) is 11.4. The van der Waals surface area contributed by atoms with E-state index >= 15 is 0 Å². The second-order valence-electron chi connectivity index (χ2n) is 7.04. The van der Waals surface area contributed by atoms with E-state index in [4.69, 9.17) is 4.55 Å². The first-order valence-electron chi connectivity index (χ1n) is 9.78. The summed E-state index contributed by atoms with van der Waals surface area (Å²) in [6.45, 7) is 3.78. The lowest BCUT2D eigenvalue weighted by atomic mass is 9.99. The summed E-state index contributed by atoms with van der Waals surface area (Å²) in [6.07, 6.45) is 13.0. The SMILES string of the molecule is CCCCCCCCCCCCc1cc(C)c(OS(=O)(=O)O)c(C(=O)O)c1. The molecule has 2 N–H and O–H groups in total. The van der Waals surface area contributed by atoms with Gasteiger partial charge in [-0.3, -0.25) is 4.55 Å². The summed E-state index contributed by atoms with van der Waals surface area (Å²) in [6, 6.07) is 3.13. The summed E-state index contributed by atoms with van der Waals surface area (Å²) < 4.78 is 35.1. The zero-order valence-electron chi connectivity index (χ0n) is 16.4. The number of carboxylic acids is 1. The molecule has 7 heteroatoms. The number of hydrogen-bond acceptors (Lipinski definition) is 4. The molecule has 0 aliphatic carbocycles. The van der Waals surface area contributed by atoms with Gasteiger partial charge >= 0.3 is 16.4 Å². The molecule has 0 radical (unpaired) electrons. The van der Waals surface area contributed by atoms with Crippen LogP contribution >= 0.6 is 0 Å². The van der Waals surface area contributed by atoms with Crippen LogP contribution < -0.4 is 4.18 Å². The van der Waals surface area contributed by atoms with Gasteiger partial charge in [-0.1, -0.05) is 70.8 Å². The molecule has 0 amide bonds. The van der Waals surface area contributed by atoms with Crippen LogP contribution in [0.2, 0.25) is 0 Å². The normalized spacial score (nSPS) is 11.5. The van der Waals surface area contributed by atoms with Gasteiger partial charge in [-0.05, 0) is 37.0 Å². The fourth-order valence-corrected chi connectivity index (χ4v) is 3.62. The van der Waals surface area contributed by atoms with Gasteiger partial charge in [0, 0.05) is 0 Å². The summed E-state index contributed by atoms with van der Waals surface area (Å²) in [5.41, 5.74) is 0.941. The quantitative estimate of drug-likeness (QED) is 0.323. The van der Waals surface area contributed by atoms with Crippen molar-refractivity contribution in [1.29, 1.82) is 0 Å². The van der Waals surface area contributed by atoms with Gasteiger partial charge in [-0.25, -0.2) is 4.79 Å². The van der Waals surface area contributed by atoms with Gasteiger partial charge < -0.3 is 9.29 Å². The molecule has 0 aromatic heterocycles. The lowest BCUT2D eigenvalue weighted by Crippen LogP contribution is -2.12. The Labute approximate surface area is 162 Å². The molecule has 0 spiro atoms. The van der Waals surface area contributed by atoms with E-state index in [0.29, 0.717) is 5.56 Å². The second kappa shape index (κ2) is 12.0. The highest BCUT2D eigenvalue weighted by Crippen LogP contribution is 2.27. The van der Waals surface area contributed by atoms with Gasteiger partial charge in [0.1, 0.15) is 5.56 Å². The fraction of sp³-hybridized carbons (Fsp3) is 0.650. The first-order chi connectivity index (χ1) is 12.7. The number of carbonyl (C=O) groups is 1. The van der Waals surface area contributed by atoms with Gasteiger partial charge in [0.25, 0.3) is 0 Å². The molecule has 0 heterocycles. The van der Waals surface area contributed by atoms with Gasteiger partial charge in [0.15, 0.2) is 5.75 Å². The van der Waals surface area contributed by atoms with Crippen molar-refractivity contribution in [3.8, 4) is 5.75 Å². The van der Waals surface area contributed by atoms with Crippen LogP contribution in [0.15, 0.2) is 12.1 Å². The maximum absolute atomic E-state index is 11.4. The molecule has 0 unspecified atom stereocenters. The van der Waals surface area contributed by atoms with E-state index in [1.807, 2.05) is 0 Å². The van der Waals surface area contributed by atoms with Gasteiger partial charge in [0.05, 0.1) is 0 Å². The topological polar surface area (TPSA) is 101 Å². The Morgan fingerprint density at radius 1 is 0.963 bits per heavy atom. The average Bonchev–Trinajstić information content (AvgIpc) is 2.57. The molecule has 154 valence electrons. The molecule has 0 aliphatic rings. The van der Waals surface area contributed by atoms with Crippen LogP contribution in [-0.4, -0.2) is 24.0 Å². The summed E-state index contributed by atoms with van der Waals surface area (Å²) in [5, 5.41) is 9.30. The Bertz CT molecular complexity index is 697. The Balaban J connectivity index is 2.46. The van der Waals surface area contributed by atoms with E-state index in [2.05, 4.69) is 11.1 Å².